The number of rotatable bonds is 5. The molecule has 0 amide bonds. The second kappa shape index (κ2) is 7.09. The monoisotopic (exact) mass is 382 g/mol. The van der Waals surface area contributed by atoms with Crippen LogP contribution in [0.3, 0.4) is 0 Å². The molecule has 5 nitrogen and oxygen atoms in total. The van der Waals surface area contributed by atoms with E-state index in [0.29, 0.717) is 20.1 Å². The Morgan fingerprint density at radius 3 is 2.92 bits per heavy atom. The van der Waals surface area contributed by atoms with Crippen molar-refractivity contribution in [3.8, 4) is 0 Å². The zero-order chi connectivity index (χ0) is 17.3. The largest absolute Gasteiger partial charge is 0.354 e. The Morgan fingerprint density at radius 2 is 2.17 bits per heavy atom. The molecule has 2 aromatic heterocycles. The number of aryl methyl sites for hydroxylation is 1. The highest BCUT2D eigenvalue weighted by Gasteiger charge is 2.15. The van der Waals surface area contributed by atoms with E-state index in [4.69, 9.17) is 23.2 Å². The minimum absolute atomic E-state index is 0.109. The molecule has 3 rings (SSSR count). The molecule has 2 heterocycles. The molecule has 0 bridgehead atoms. The van der Waals surface area contributed by atoms with Gasteiger partial charge in [0.05, 0.1) is 16.1 Å². The van der Waals surface area contributed by atoms with Crippen molar-refractivity contribution in [2.24, 2.45) is 0 Å². The van der Waals surface area contributed by atoms with E-state index in [2.05, 4.69) is 22.3 Å². The number of nitrogens with zero attached hydrogens (tertiary/aromatic N) is 3. The fraction of sp³-hybridized carbons (Fsp3) is 0.312. The van der Waals surface area contributed by atoms with Crippen molar-refractivity contribution in [2.75, 3.05) is 5.32 Å². The molecule has 0 aliphatic rings. The minimum atomic E-state index is -0.166. The number of aromatic nitrogens is 3. The Bertz CT molecular complexity index is 937. The van der Waals surface area contributed by atoms with Gasteiger partial charge in [-0.2, -0.15) is 4.52 Å². The second-order valence-corrected chi connectivity index (χ2v) is 7.19. The lowest BCUT2D eigenvalue weighted by molar-refractivity contribution is 0.826. The highest BCUT2D eigenvalue weighted by molar-refractivity contribution is 7.20. The molecule has 1 atom stereocenters. The Balaban J connectivity index is 1.91. The maximum atomic E-state index is 12.1. The third-order valence-electron chi connectivity index (χ3n) is 3.59. The van der Waals surface area contributed by atoms with Crippen LogP contribution in [0.1, 0.15) is 37.6 Å². The standard InChI is InChI=1S/C16H16Cl2N4OS/c1-3-5-10-8-13(23)22-16(20-10)24-15(21-22)19-9(2)11-6-4-7-12(17)14(11)18/h4,6-9H,3,5H2,1-2H3,(H,19,21). The molecule has 1 N–H and O–H groups in total. The SMILES string of the molecule is CCCc1cc(=O)n2nc(NC(C)c3cccc(Cl)c3Cl)sc2n1. The highest BCUT2D eigenvalue weighted by atomic mass is 35.5. The summed E-state index contributed by atoms with van der Waals surface area (Å²) in [5.41, 5.74) is 1.50. The average molecular weight is 383 g/mol. The number of fused-ring (bicyclic) bond motifs is 1. The number of hydrogen-bond acceptors (Lipinski definition) is 5. The maximum absolute atomic E-state index is 12.1. The summed E-state index contributed by atoms with van der Waals surface area (Å²) in [6, 6.07) is 6.93. The summed E-state index contributed by atoms with van der Waals surface area (Å²) >= 11 is 13.7. The van der Waals surface area contributed by atoms with Gasteiger partial charge in [-0.05, 0) is 25.0 Å². The summed E-state index contributed by atoms with van der Waals surface area (Å²) in [5, 5.41) is 9.19. The molecule has 0 aliphatic carbocycles. The first-order valence-electron chi connectivity index (χ1n) is 7.60. The van der Waals surface area contributed by atoms with Crippen LogP contribution in [-0.4, -0.2) is 14.6 Å². The van der Waals surface area contributed by atoms with Crippen LogP contribution in [0.5, 0.6) is 0 Å². The Kier molecular flexibility index (Phi) is 5.08. The summed E-state index contributed by atoms with van der Waals surface area (Å²) in [7, 11) is 0. The van der Waals surface area contributed by atoms with Gasteiger partial charge in [0.15, 0.2) is 0 Å². The van der Waals surface area contributed by atoms with Gasteiger partial charge in [0.25, 0.3) is 5.56 Å². The first kappa shape index (κ1) is 17.2. The molecule has 1 aromatic carbocycles. The third-order valence-corrected chi connectivity index (χ3v) is 5.27. The van der Waals surface area contributed by atoms with E-state index < -0.39 is 0 Å². The molecule has 1 unspecified atom stereocenters. The first-order valence-corrected chi connectivity index (χ1v) is 9.17. The molecule has 0 saturated heterocycles. The fourth-order valence-electron chi connectivity index (χ4n) is 2.42. The number of halogens is 2. The van der Waals surface area contributed by atoms with Gasteiger partial charge >= 0.3 is 0 Å². The van der Waals surface area contributed by atoms with E-state index >= 15 is 0 Å². The molecule has 8 heteroatoms. The summed E-state index contributed by atoms with van der Waals surface area (Å²) in [5.74, 6) is 0. The second-order valence-electron chi connectivity index (χ2n) is 5.45. The van der Waals surface area contributed by atoms with Gasteiger partial charge < -0.3 is 5.32 Å². The maximum Gasteiger partial charge on any atom is 0.275 e. The average Bonchev–Trinajstić information content (AvgIpc) is 2.93. The van der Waals surface area contributed by atoms with Crippen molar-refractivity contribution in [3.63, 3.8) is 0 Å². The van der Waals surface area contributed by atoms with E-state index in [1.165, 1.54) is 21.9 Å². The first-order chi connectivity index (χ1) is 11.5. The van der Waals surface area contributed by atoms with Crippen LogP contribution >= 0.6 is 34.5 Å². The Labute approximate surface area is 153 Å². The summed E-state index contributed by atoms with van der Waals surface area (Å²) in [6.45, 7) is 4.02. The van der Waals surface area contributed by atoms with Crippen LogP contribution in [0, 0.1) is 0 Å². The summed E-state index contributed by atoms with van der Waals surface area (Å²) < 4.78 is 1.32. The molecule has 3 aromatic rings. The van der Waals surface area contributed by atoms with Gasteiger partial charge in [-0.15, -0.1) is 5.10 Å². The van der Waals surface area contributed by atoms with Crippen molar-refractivity contribution in [3.05, 3.63) is 55.9 Å². The van der Waals surface area contributed by atoms with E-state index in [0.717, 1.165) is 24.1 Å². The van der Waals surface area contributed by atoms with Crippen molar-refractivity contribution in [1.29, 1.82) is 0 Å². The topological polar surface area (TPSA) is 59.3 Å². The molecule has 0 fully saturated rings. The third kappa shape index (κ3) is 3.41. The van der Waals surface area contributed by atoms with Gasteiger partial charge in [0.2, 0.25) is 10.1 Å². The van der Waals surface area contributed by atoms with Crippen LogP contribution in [0.25, 0.3) is 4.96 Å². The van der Waals surface area contributed by atoms with Crippen molar-refractivity contribution in [2.45, 2.75) is 32.7 Å². The van der Waals surface area contributed by atoms with Gasteiger partial charge in [0, 0.05) is 11.8 Å². The van der Waals surface area contributed by atoms with Crippen molar-refractivity contribution in [1.82, 2.24) is 14.6 Å². The minimum Gasteiger partial charge on any atom is -0.354 e. The molecule has 0 spiro atoms. The van der Waals surface area contributed by atoms with E-state index in [-0.39, 0.29) is 11.6 Å². The Hall–Kier alpha value is -1.63. The number of nitrogens with one attached hydrogen (secondary N) is 1. The van der Waals surface area contributed by atoms with Crippen LogP contribution in [0.4, 0.5) is 5.13 Å². The smallest absolute Gasteiger partial charge is 0.275 e. The number of benzene rings is 1. The quantitative estimate of drug-likeness (QED) is 0.701. The number of hydrogen-bond donors (Lipinski definition) is 1. The molecular weight excluding hydrogens is 367 g/mol. The van der Waals surface area contributed by atoms with Crippen molar-refractivity contribution < 1.29 is 0 Å². The normalized spacial score (nSPS) is 12.5. The van der Waals surface area contributed by atoms with Crippen LogP contribution in [0.15, 0.2) is 29.1 Å². The van der Waals surface area contributed by atoms with E-state index in [1.54, 1.807) is 6.07 Å². The lowest BCUT2D eigenvalue weighted by Crippen LogP contribution is -2.16. The summed E-state index contributed by atoms with van der Waals surface area (Å²) in [6.07, 6.45) is 1.72. The van der Waals surface area contributed by atoms with Gasteiger partial charge in [-0.1, -0.05) is 60.0 Å². The molecule has 126 valence electrons. The zero-order valence-corrected chi connectivity index (χ0v) is 15.5. The fourth-order valence-corrected chi connectivity index (χ4v) is 3.80. The van der Waals surface area contributed by atoms with Gasteiger partial charge in [0.1, 0.15) is 0 Å². The highest BCUT2D eigenvalue weighted by Crippen LogP contribution is 2.32. The Morgan fingerprint density at radius 1 is 1.38 bits per heavy atom. The lowest BCUT2D eigenvalue weighted by atomic mass is 10.1. The molecule has 0 saturated carbocycles. The molecular formula is C16H16Cl2N4OS. The predicted octanol–water partition coefficient (Wildman–Crippen LogP) is 4.58. The molecule has 0 aliphatic heterocycles. The van der Waals surface area contributed by atoms with Crippen LogP contribution in [-0.2, 0) is 6.42 Å². The van der Waals surface area contributed by atoms with Crippen LogP contribution in [0.2, 0.25) is 10.0 Å². The molecule has 0 radical (unpaired) electrons. The van der Waals surface area contributed by atoms with Gasteiger partial charge in [-0.25, -0.2) is 4.98 Å². The predicted molar refractivity (Wildman–Crippen MR) is 99.6 cm³/mol. The molecule has 24 heavy (non-hydrogen) atoms. The van der Waals surface area contributed by atoms with E-state index in [9.17, 15) is 4.79 Å². The summed E-state index contributed by atoms with van der Waals surface area (Å²) in [4.78, 5) is 17.2. The van der Waals surface area contributed by atoms with Crippen LogP contribution < -0.4 is 10.9 Å². The van der Waals surface area contributed by atoms with Crippen molar-refractivity contribution >= 4 is 44.6 Å². The zero-order valence-electron chi connectivity index (χ0n) is 13.2. The lowest BCUT2D eigenvalue weighted by Gasteiger charge is -2.15. The number of anilines is 1. The van der Waals surface area contributed by atoms with E-state index in [1.807, 2.05) is 19.1 Å². The van der Waals surface area contributed by atoms with Gasteiger partial charge in [-0.3, -0.25) is 4.79 Å².